The van der Waals surface area contributed by atoms with E-state index >= 15 is 0 Å². The molecule has 194 valence electrons. The first-order valence-electron chi connectivity index (χ1n) is 11.5. The number of hydrogen-bond donors (Lipinski definition) is 2. The standard InChI is InChI=1S/C29H17Br2ClIN3O3/c30-19-13-18(27(22(31)14-19)39-29(38)17-9-11-20(32)12-10-17)15-34-36-28(37)26-24(16-5-2-1-3-6-16)21-7-4-8-23(33)25(21)35-26/h1-15,35H,(H,36,37). The molecule has 0 spiro atoms. The molecule has 5 aromatic rings. The van der Waals surface area contributed by atoms with Crippen molar-refractivity contribution in [2.24, 2.45) is 5.10 Å². The second-order valence-electron chi connectivity index (χ2n) is 8.30. The molecule has 4 aromatic carbocycles. The van der Waals surface area contributed by atoms with E-state index < -0.39 is 11.9 Å². The van der Waals surface area contributed by atoms with Gasteiger partial charge in [0, 0.05) is 29.6 Å². The first-order chi connectivity index (χ1) is 18.8. The summed E-state index contributed by atoms with van der Waals surface area (Å²) in [6.07, 6.45) is 1.42. The van der Waals surface area contributed by atoms with E-state index in [0.717, 1.165) is 30.1 Å². The number of rotatable bonds is 6. The fourth-order valence-electron chi connectivity index (χ4n) is 3.99. The Labute approximate surface area is 259 Å². The molecule has 0 bridgehead atoms. The fourth-order valence-corrected chi connectivity index (χ4v) is 6.09. The number of esters is 1. The predicted molar refractivity (Wildman–Crippen MR) is 170 cm³/mol. The van der Waals surface area contributed by atoms with Crippen molar-refractivity contribution in [1.29, 1.82) is 0 Å². The molecule has 0 atom stereocenters. The predicted octanol–water partition coefficient (Wildman–Crippen LogP) is 8.60. The van der Waals surface area contributed by atoms with E-state index in [4.69, 9.17) is 16.3 Å². The van der Waals surface area contributed by atoms with Gasteiger partial charge in [-0.15, -0.1) is 0 Å². The number of hydrogen-bond acceptors (Lipinski definition) is 4. The Bertz CT molecular complexity index is 1740. The maximum Gasteiger partial charge on any atom is 0.343 e. The van der Waals surface area contributed by atoms with Gasteiger partial charge in [-0.3, -0.25) is 4.79 Å². The average Bonchev–Trinajstić information content (AvgIpc) is 3.32. The SMILES string of the molecule is O=C(Oc1c(Br)cc(Br)cc1C=NNC(=O)c1[nH]c2c(I)cccc2c1-c1ccccc1)c1ccc(Cl)cc1. The maximum atomic E-state index is 13.3. The number of halogens is 4. The number of nitrogens with zero attached hydrogens (tertiary/aromatic N) is 1. The zero-order chi connectivity index (χ0) is 27.5. The van der Waals surface area contributed by atoms with Gasteiger partial charge in [-0.2, -0.15) is 5.10 Å². The highest BCUT2D eigenvalue weighted by molar-refractivity contribution is 14.1. The molecule has 0 saturated heterocycles. The van der Waals surface area contributed by atoms with Gasteiger partial charge in [0.15, 0.2) is 5.75 Å². The Morgan fingerprint density at radius 1 is 0.974 bits per heavy atom. The number of aromatic amines is 1. The number of amides is 1. The molecule has 0 aliphatic carbocycles. The molecule has 2 N–H and O–H groups in total. The Kier molecular flexibility index (Phi) is 8.51. The summed E-state index contributed by atoms with van der Waals surface area (Å²) in [7, 11) is 0. The molecule has 6 nitrogen and oxygen atoms in total. The lowest BCUT2D eigenvalue weighted by molar-refractivity contribution is 0.0733. The third kappa shape index (κ3) is 6.11. The van der Waals surface area contributed by atoms with Crippen molar-refractivity contribution in [2.45, 2.75) is 0 Å². The van der Waals surface area contributed by atoms with Crippen LogP contribution in [0.4, 0.5) is 0 Å². The van der Waals surface area contributed by atoms with Crippen LogP contribution < -0.4 is 10.2 Å². The highest BCUT2D eigenvalue weighted by Gasteiger charge is 2.20. The van der Waals surface area contributed by atoms with Gasteiger partial charge in [0.1, 0.15) is 5.69 Å². The van der Waals surface area contributed by atoms with E-state index in [1.165, 1.54) is 6.21 Å². The first-order valence-corrected chi connectivity index (χ1v) is 14.5. The fraction of sp³-hybridized carbons (Fsp3) is 0. The molecule has 1 amide bonds. The largest absolute Gasteiger partial charge is 0.421 e. The number of fused-ring (bicyclic) bond motifs is 1. The van der Waals surface area contributed by atoms with Gasteiger partial charge >= 0.3 is 5.97 Å². The van der Waals surface area contributed by atoms with Crippen LogP contribution in [0, 0.1) is 3.57 Å². The molecule has 1 heterocycles. The van der Waals surface area contributed by atoms with Crippen molar-refractivity contribution in [3.8, 4) is 16.9 Å². The Balaban J connectivity index is 1.44. The van der Waals surface area contributed by atoms with Crippen LogP contribution in [-0.2, 0) is 0 Å². The summed E-state index contributed by atoms with van der Waals surface area (Å²) >= 11 is 15.1. The van der Waals surface area contributed by atoms with Gasteiger partial charge in [0.2, 0.25) is 0 Å². The van der Waals surface area contributed by atoms with Gasteiger partial charge in [0.05, 0.1) is 21.8 Å². The van der Waals surface area contributed by atoms with Crippen LogP contribution in [-0.4, -0.2) is 23.1 Å². The highest BCUT2D eigenvalue weighted by Crippen LogP contribution is 2.35. The number of benzene rings is 4. The first kappa shape index (κ1) is 27.6. The number of carbonyl (C=O) groups is 2. The minimum atomic E-state index is -0.562. The monoisotopic (exact) mass is 775 g/mol. The van der Waals surface area contributed by atoms with Crippen LogP contribution in [0.3, 0.4) is 0 Å². The van der Waals surface area contributed by atoms with Gasteiger partial charge in [-0.05, 0) is 86.5 Å². The molecule has 0 fully saturated rings. The molecular weight excluding hydrogens is 761 g/mol. The van der Waals surface area contributed by atoms with Crippen LogP contribution in [0.1, 0.15) is 26.4 Å². The van der Waals surface area contributed by atoms with Gasteiger partial charge < -0.3 is 9.72 Å². The molecule has 0 unspecified atom stereocenters. The van der Waals surface area contributed by atoms with E-state index in [2.05, 4.69) is 70.0 Å². The lowest BCUT2D eigenvalue weighted by Crippen LogP contribution is -2.19. The number of aromatic nitrogens is 1. The van der Waals surface area contributed by atoms with Gasteiger partial charge in [-0.25, -0.2) is 10.2 Å². The van der Waals surface area contributed by atoms with Crippen molar-refractivity contribution in [1.82, 2.24) is 10.4 Å². The zero-order valence-corrected chi connectivity index (χ0v) is 25.9. The maximum absolute atomic E-state index is 13.3. The highest BCUT2D eigenvalue weighted by atomic mass is 127. The van der Waals surface area contributed by atoms with Crippen LogP contribution in [0.5, 0.6) is 5.75 Å². The molecular formula is C29H17Br2ClIN3O3. The van der Waals surface area contributed by atoms with Crippen LogP contribution in [0.2, 0.25) is 5.02 Å². The minimum absolute atomic E-state index is 0.251. The normalized spacial score (nSPS) is 11.2. The van der Waals surface area contributed by atoms with E-state index in [9.17, 15) is 9.59 Å². The summed E-state index contributed by atoms with van der Waals surface area (Å²) in [5, 5.41) is 5.64. The molecule has 0 saturated carbocycles. The number of H-pyrrole nitrogens is 1. The summed E-state index contributed by atoms with van der Waals surface area (Å²) in [5.74, 6) is -0.722. The molecule has 1 aromatic heterocycles. The van der Waals surface area contributed by atoms with Crippen molar-refractivity contribution in [3.63, 3.8) is 0 Å². The molecule has 0 radical (unpaired) electrons. The van der Waals surface area contributed by atoms with Crippen LogP contribution in [0.25, 0.3) is 22.0 Å². The summed E-state index contributed by atoms with van der Waals surface area (Å²) in [4.78, 5) is 29.4. The topological polar surface area (TPSA) is 83.5 Å². The number of carbonyl (C=O) groups excluding carboxylic acids is 2. The Morgan fingerprint density at radius 2 is 1.72 bits per heavy atom. The Morgan fingerprint density at radius 3 is 2.46 bits per heavy atom. The second-order valence-corrected chi connectivity index (χ2v) is 11.7. The third-order valence-corrected chi connectivity index (χ3v) is 7.95. The molecule has 10 heteroatoms. The number of nitrogens with one attached hydrogen (secondary N) is 2. The van der Waals surface area contributed by atoms with Gasteiger partial charge in [-0.1, -0.05) is 70.0 Å². The van der Waals surface area contributed by atoms with E-state index in [0.29, 0.717) is 26.3 Å². The van der Waals surface area contributed by atoms with Crippen LogP contribution in [0.15, 0.2) is 99.0 Å². The zero-order valence-electron chi connectivity index (χ0n) is 19.8. The Hall–Kier alpha value is -2.99. The molecule has 5 rings (SSSR count). The van der Waals surface area contributed by atoms with Crippen LogP contribution >= 0.6 is 66.1 Å². The van der Waals surface area contributed by atoms with Crippen molar-refractivity contribution in [2.75, 3.05) is 0 Å². The smallest absolute Gasteiger partial charge is 0.343 e. The molecule has 0 aliphatic heterocycles. The van der Waals surface area contributed by atoms with E-state index in [-0.39, 0.29) is 5.75 Å². The van der Waals surface area contributed by atoms with E-state index in [1.54, 1.807) is 36.4 Å². The molecule has 0 aliphatic rings. The van der Waals surface area contributed by atoms with E-state index in [1.807, 2.05) is 48.5 Å². The van der Waals surface area contributed by atoms with Crippen molar-refractivity contribution < 1.29 is 14.3 Å². The quantitative estimate of drug-likeness (QED) is 0.0596. The van der Waals surface area contributed by atoms with Gasteiger partial charge in [0.25, 0.3) is 5.91 Å². The lowest BCUT2D eigenvalue weighted by Gasteiger charge is -2.11. The third-order valence-electron chi connectivity index (χ3n) is 5.75. The number of hydrazone groups is 1. The minimum Gasteiger partial charge on any atom is -0.421 e. The number of ether oxygens (including phenoxy) is 1. The molecule has 39 heavy (non-hydrogen) atoms. The van der Waals surface area contributed by atoms with Crippen molar-refractivity contribution in [3.05, 3.63) is 119 Å². The second kappa shape index (κ2) is 12.0. The lowest BCUT2D eigenvalue weighted by atomic mass is 10.0. The summed E-state index contributed by atoms with van der Waals surface area (Å²) in [5.41, 5.74) is 6.38. The summed E-state index contributed by atoms with van der Waals surface area (Å²) < 4.78 is 7.92. The summed E-state index contributed by atoms with van der Waals surface area (Å²) in [6.45, 7) is 0. The average molecular weight is 778 g/mol. The number of para-hydroxylation sites is 1. The van der Waals surface area contributed by atoms with Crippen molar-refractivity contribution >= 4 is 95.0 Å². The summed E-state index contributed by atoms with van der Waals surface area (Å²) in [6, 6.07) is 25.5.